The van der Waals surface area contributed by atoms with Crippen LogP contribution in [0.25, 0.3) is 0 Å². The van der Waals surface area contributed by atoms with Crippen LogP contribution in [0.1, 0.15) is 219 Å². The Morgan fingerprint density at radius 3 is 0.870 bits per heavy atom. The third-order valence-corrected chi connectivity index (χ3v) is 10.4. The Bertz CT molecular complexity index is 756. The molecule has 0 aromatic heterocycles. The van der Waals surface area contributed by atoms with Crippen LogP contribution in [0.15, 0.2) is 22.3 Å². The van der Waals surface area contributed by atoms with Crippen molar-refractivity contribution in [1.82, 2.24) is 0 Å². The van der Waals surface area contributed by atoms with Crippen LogP contribution in [0.2, 0.25) is 0 Å². The second-order valence-corrected chi connectivity index (χ2v) is 14.4. The minimum atomic E-state index is 0.354. The average molecular weight is 645 g/mol. The van der Waals surface area contributed by atoms with Crippen molar-refractivity contribution in [3.05, 3.63) is 22.3 Å². The molecule has 0 amide bonds. The Labute approximate surface area is 285 Å². The molecule has 0 heterocycles. The first-order valence-corrected chi connectivity index (χ1v) is 20.2. The summed E-state index contributed by atoms with van der Waals surface area (Å²) in [5.74, 6) is 0.783. The molecule has 0 radical (unpaired) electrons. The van der Waals surface area contributed by atoms with E-state index in [1.54, 1.807) is 0 Å². The molecule has 0 bridgehead atoms. The first-order chi connectivity index (χ1) is 22.5. The topological polar surface area (TPSA) is 74.6 Å². The van der Waals surface area contributed by atoms with Gasteiger partial charge in [-0.2, -0.15) is 0 Å². The Morgan fingerprint density at radius 1 is 0.370 bits per heavy atom. The first kappa shape index (κ1) is 42.8. The minimum Gasteiger partial charge on any atom is -0.396 e. The van der Waals surface area contributed by atoms with Crippen LogP contribution in [-0.2, 0) is 9.59 Å². The highest BCUT2D eigenvalue weighted by Gasteiger charge is 2.16. The number of aliphatic hydroxyl groups is 2. The zero-order chi connectivity index (χ0) is 33.5. The lowest BCUT2D eigenvalue weighted by atomic mass is 9.88. The highest BCUT2D eigenvalue weighted by Crippen LogP contribution is 2.27. The molecule has 2 N–H and O–H groups in total. The van der Waals surface area contributed by atoms with Crippen LogP contribution in [-0.4, -0.2) is 35.0 Å². The number of allylic oxidation sites excluding steroid dienone is 4. The number of carbonyl (C=O) groups excluding carboxylic acids is 2. The van der Waals surface area contributed by atoms with E-state index < -0.39 is 0 Å². The molecule has 0 saturated carbocycles. The summed E-state index contributed by atoms with van der Waals surface area (Å²) >= 11 is 0. The van der Waals surface area contributed by atoms with Gasteiger partial charge in [0.15, 0.2) is 11.6 Å². The summed E-state index contributed by atoms with van der Waals surface area (Å²) in [6.45, 7) is 4.77. The van der Waals surface area contributed by atoms with Crippen molar-refractivity contribution in [2.75, 3.05) is 13.2 Å². The van der Waals surface area contributed by atoms with Gasteiger partial charge in [-0.05, 0) is 89.2 Å². The maximum absolute atomic E-state index is 11.7. The molecule has 4 heteroatoms. The van der Waals surface area contributed by atoms with Gasteiger partial charge in [0.25, 0.3) is 0 Å². The average Bonchev–Trinajstić information content (AvgIpc) is 3.06. The summed E-state index contributed by atoms with van der Waals surface area (Å²) in [5.41, 5.74) is 5.05. The molecule has 0 aromatic rings. The molecule has 2 rings (SSSR count). The molecule has 0 atom stereocenters. The number of hydrogen-bond donors (Lipinski definition) is 2. The fourth-order valence-corrected chi connectivity index (χ4v) is 7.13. The Hall–Kier alpha value is -1.26. The van der Waals surface area contributed by atoms with Crippen LogP contribution < -0.4 is 0 Å². The molecule has 4 nitrogen and oxygen atoms in total. The fourth-order valence-electron chi connectivity index (χ4n) is 7.13. The standard InChI is InChI=1S/2C21H38O2/c2*1-19-20(16-14-17-21(19)23)15-12-10-8-6-4-2-3-5-7-9-11-13-18-22/h2*22H,2-18H2,1H3. The highest BCUT2D eigenvalue weighted by atomic mass is 16.3. The summed E-state index contributed by atoms with van der Waals surface area (Å²) in [6, 6.07) is 0. The quantitative estimate of drug-likeness (QED) is 0.0831. The van der Waals surface area contributed by atoms with Gasteiger partial charge in [0.2, 0.25) is 0 Å². The van der Waals surface area contributed by atoms with Crippen LogP contribution in [0.5, 0.6) is 0 Å². The molecular weight excluding hydrogens is 568 g/mol. The summed E-state index contributed by atoms with van der Waals surface area (Å²) in [5, 5.41) is 17.4. The van der Waals surface area contributed by atoms with Crippen LogP contribution in [0.4, 0.5) is 0 Å². The Balaban J connectivity index is 0.000000460. The van der Waals surface area contributed by atoms with Gasteiger partial charge in [0.1, 0.15) is 0 Å². The van der Waals surface area contributed by atoms with Gasteiger partial charge >= 0.3 is 0 Å². The van der Waals surface area contributed by atoms with Crippen molar-refractivity contribution in [1.29, 1.82) is 0 Å². The van der Waals surface area contributed by atoms with Crippen LogP contribution >= 0.6 is 0 Å². The highest BCUT2D eigenvalue weighted by molar-refractivity contribution is 5.96. The molecule has 0 aromatic carbocycles. The van der Waals surface area contributed by atoms with Gasteiger partial charge in [-0.3, -0.25) is 9.59 Å². The van der Waals surface area contributed by atoms with E-state index in [0.29, 0.717) is 24.8 Å². The SMILES string of the molecule is CC1=C(CCCCCCCCCCCCCCO)CCCC1=O.CC1=C(CCCCCCCCCCCCCCO)CCCC1=O. The Kier molecular flexibility index (Phi) is 28.9. The molecule has 2 aliphatic carbocycles. The van der Waals surface area contributed by atoms with E-state index in [0.717, 1.165) is 75.4 Å². The summed E-state index contributed by atoms with van der Waals surface area (Å²) < 4.78 is 0. The summed E-state index contributed by atoms with van der Waals surface area (Å²) in [4.78, 5) is 23.3. The molecule has 46 heavy (non-hydrogen) atoms. The van der Waals surface area contributed by atoms with E-state index in [-0.39, 0.29) is 0 Å². The van der Waals surface area contributed by atoms with E-state index in [1.165, 1.54) is 152 Å². The van der Waals surface area contributed by atoms with Crippen molar-refractivity contribution in [3.63, 3.8) is 0 Å². The lowest BCUT2D eigenvalue weighted by Crippen LogP contribution is -2.09. The van der Waals surface area contributed by atoms with E-state index in [4.69, 9.17) is 10.2 Å². The summed E-state index contributed by atoms with van der Waals surface area (Å²) in [6.07, 6.45) is 39.6. The predicted molar refractivity (Wildman–Crippen MR) is 197 cm³/mol. The van der Waals surface area contributed by atoms with Gasteiger partial charge < -0.3 is 10.2 Å². The second kappa shape index (κ2) is 31.0. The van der Waals surface area contributed by atoms with Crippen molar-refractivity contribution in [2.24, 2.45) is 0 Å². The predicted octanol–water partition coefficient (Wildman–Crippen LogP) is 12.2. The van der Waals surface area contributed by atoms with Gasteiger partial charge in [-0.1, -0.05) is 140 Å². The number of carbonyl (C=O) groups is 2. The van der Waals surface area contributed by atoms with Crippen LogP contribution in [0.3, 0.4) is 0 Å². The van der Waals surface area contributed by atoms with E-state index in [2.05, 4.69) is 0 Å². The lowest BCUT2D eigenvalue weighted by molar-refractivity contribution is -0.116. The number of ketones is 2. The third kappa shape index (κ3) is 23.1. The van der Waals surface area contributed by atoms with Gasteiger partial charge in [0, 0.05) is 26.1 Å². The zero-order valence-electron chi connectivity index (χ0n) is 30.8. The number of rotatable bonds is 28. The third-order valence-electron chi connectivity index (χ3n) is 10.4. The van der Waals surface area contributed by atoms with Crippen molar-refractivity contribution < 1.29 is 19.8 Å². The molecule has 268 valence electrons. The van der Waals surface area contributed by atoms with E-state index in [1.807, 2.05) is 13.8 Å². The van der Waals surface area contributed by atoms with Gasteiger partial charge in [0.05, 0.1) is 0 Å². The van der Waals surface area contributed by atoms with Crippen molar-refractivity contribution in [2.45, 2.75) is 219 Å². The zero-order valence-corrected chi connectivity index (χ0v) is 30.8. The minimum absolute atomic E-state index is 0.354. The van der Waals surface area contributed by atoms with Crippen molar-refractivity contribution in [3.8, 4) is 0 Å². The Morgan fingerprint density at radius 2 is 0.609 bits per heavy atom. The van der Waals surface area contributed by atoms with Gasteiger partial charge in [-0.25, -0.2) is 0 Å². The largest absolute Gasteiger partial charge is 0.396 e. The number of aliphatic hydroxyl groups excluding tert-OH is 2. The smallest absolute Gasteiger partial charge is 0.158 e. The van der Waals surface area contributed by atoms with E-state index in [9.17, 15) is 9.59 Å². The fraction of sp³-hybridized carbons (Fsp3) is 0.857. The molecule has 0 fully saturated rings. The molecule has 0 spiro atoms. The number of hydrogen-bond acceptors (Lipinski definition) is 4. The normalized spacial score (nSPS) is 15.5. The molecule has 0 aliphatic heterocycles. The van der Waals surface area contributed by atoms with Gasteiger partial charge in [-0.15, -0.1) is 0 Å². The lowest BCUT2D eigenvalue weighted by Gasteiger charge is -2.16. The number of unbranched alkanes of at least 4 members (excludes halogenated alkanes) is 22. The van der Waals surface area contributed by atoms with Crippen LogP contribution in [0, 0.1) is 0 Å². The maximum Gasteiger partial charge on any atom is 0.158 e. The summed E-state index contributed by atoms with van der Waals surface area (Å²) in [7, 11) is 0. The second-order valence-electron chi connectivity index (χ2n) is 14.4. The first-order valence-electron chi connectivity index (χ1n) is 20.2. The molecule has 2 aliphatic rings. The monoisotopic (exact) mass is 645 g/mol. The number of Topliss-reactive ketones (excluding diaryl/α,β-unsaturated/α-hetero) is 2. The molecule has 0 saturated heterocycles. The molecule has 0 unspecified atom stereocenters. The van der Waals surface area contributed by atoms with E-state index >= 15 is 0 Å². The maximum atomic E-state index is 11.7. The van der Waals surface area contributed by atoms with Crippen molar-refractivity contribution >= 4 is 11.6 Å². The molecular formula is C42H76O4.